The Morgan fingerprint density at radius 3 is 1.93 bits per heavy atom. The lowest BCUT2D eigenvalue weighted by atomic mass is 9.95. The number of nitrogens with one attached hydrogen (secondary N) is 1. The molecule has 0 saturated heterocycles. The molecule has 0 aliphatic heterocycles. The minimum absolute atomic E-state index is 0.482. The van der Waals surface area contributed by atoms with Crippen molar-refractivity contribution < 1.29 is 13.3 Å². The molecular weight excluding hydrogens is 394 g/mol. The van der Waals surface area contributed by atoms with E-state index >= 15 is 0 Å². The Morgan fingerprint density at radius 1 is 0.867 bits per heavy atom. The lowest BCUT2D eigenvalue weighted by Crippen LogP contribution is -2.48. The summed E-state index contributed by atoms with van der Waals surface area (Å²) in [6.45, 7) is 8.92. The van der Waals surface area contributed by atoms with Gasteiger partial charge in [0.15, 0.2) is 5.96 Å². The van der Waals surface area contributed by atoms with Gasteiger partial charge in [-0.25, -0.2) is 4.99 Å². The highest BCUT2D eigenvalue weighted by Crippen LogP contribution is 2.22. The van der Waals surface area contributed by atoms with Crippen LogP contribution in [0.15, 0.2) is 4.99 Å². The van der Waals surface area contributed by atoms with Crippen molar-refractivity contribution in [2.45, 2.75) is 110 Å². The fourth-order valence-electron chi connectivity index (χ4n) is 4.70. The fourth-order valence-corrected chi connectivity index (χ4v) is 7.29. The molecule has 6 nitrogen and oxygen atoms in total. The van der Waals surface area contributed by atoms with Crippen LogP contribution >= 0.6 is 0 Å². The quantitative estimate of drug-likeness (QED) is 0.263. The lowest BCUT2D eigenvalue weighted by molar-refractivity contribution is 0.0705. The van der Waals surface area contributed by atoms with Gasteiger partial charge < -0.3 is 23.5 Å². The molecule has 0 unspecified atom stereocenters. The molecule has 0 radical (unpaired) electrons. The maximum Gasteiger partial charge on any atom is 0.500 e. The van der Waals surface area contributed by atoms with E-state index < -0.39 is 8.80 Å². The first-order valence-electron chi connectivity index (χ1n) is 12.6. The average molecular weight is 442 g/mol. The maximum atomic E-state index is 6.03. The summed E-state index contributed by atoms with van der Waals surface area (Å²) >= 11 is 0. The van der Waals surface area contributed by atoms with Crippen molar-refractivity contribution in [1.29, 1.82) is 0 Å². The third-order valence-corrected chi connectivity index (χ3v) is 9.40. The summed E-state index contributed by atoms with van der Waals surface area (Å²) in [6, 6.07) is 1.91. The fraction of sp³-hybridized carbons (Fsp3) is 0.957. The summed E-state index contributed by atoms with van der Waals surface area (Å²) in [6.07, 6.45) is 14.1. The molecule has 0 amide bonds. The molecule has 30 heavy (non-hydrogen) atoms. The molecule has 0 atom stereocenters. The average Bonchev–Trinajstić information content (AvgIpc) is 2.75. The van der Waals surface area contributed by atoms with Crippen LogP contribution in [0.25, 0.3) is 0 Å². The van der Waals surface area contributed by atoms with Crippen molar-refractivity contribution in [3.63, 3.8) is 0 Å². The molecule has 0 aromatic heterocycles. The predicted molar refractivity (Wildman–Crippen MR) is 127 cm³/mol. The molecule has 2 aliphatic rings. The Balaban J connectivity index is 1.97. The van der Waals surface area contributed by atoms with Crippen LogP contribution in [0.1, 0.15) is 91.4 Å². The third-order valence-electron chi connectivity index (χ3n) is 6.25. The minimum Gasteiger partial charge on any atom is -0.374 e. The van der Waals surface area contributed by atoms with Gasteiger partial charge >= 0.3 is 8.80 Å². The van der Waals surface area contributed by atoms with E-state index in [1.807, 2.05) is 20.8 Å². The second-order valence-corrected chi connectivity index (χ2v) is 11.5. The van der Waals surface area contributed by atoms with Gasteiger partial charge in [0.1, 0.15) is 0 Å². The van der Waals surface area contributed by atoms with Gasteiger partial charge in [-0.1, -0.05) is 38.5 Å². The normalized spacial score (nSPS) is 19.8. The molecule has 2 saturated carbocycles. The Bertz CT molecular complexity index is 463. The van der Waals surface area contributed by atoms with Crippen molar-refractivity contribution in [2.24, 2.45) is 4.99 Å². The number of nitrogens with zero attached hydrogens (tertiary/aromatic N) is 2. The van der Waals surface area contributed by atoms with E-state index in [0.717, 1.165) is 25.0 Å². The summed E-state index contributed by atoms with van der Waals surface area (Å²) in [7, 11) is -0.386. The van der Waals surface area contributed by atoms with Crippen molar-refractivity contribution in [1.82, 2.24) is 10.2 Å². The van der Waals surface area contributed by atoms with Crippen LogP contribution in [0.5, 0.6) is 0 Å². The van der Waals surface area contributed by atoms with Crippen LogP contribution in [0.2, 0.25) is 6.04 Å². The van der Waals surface area contributed by atoms with Gasteiger partial charge in [-0.05, 0) is 52.9 Å². The van der Waals surface area contributed by atoms with Gasteiger partial charge in [0.2, 0.25) is 0 Å². The highest BCUT2D eigenvalue weighted by molar-refractivity contribution is 6.60. The van der Waals surface area contributed by atoms with Crippen LogP contribution in [-0.2, 0) is 13.3 Å². The van der Waals surface area contributed by atoms with Gasteiger partial charge in [0.25, 0.3) is 0 Å². The highest BCUT2D eigenvalue weighted by atomic mass is 28.4. The largest absolute Gasteiger partial charge is 0.500 e. The number of hydrogen-bond donors (Lipinski definition) is 1. The first kappa shape index (κ1) is 25.6. The molecule has 0 aromatic carbocycles. The first-order valence-corrected chi connectivity index (χ1v) is 14.5. The number of guanidine groups is 1. The zero-order chi connectivity index (χ0) is 21.7. The molecule has 0 bridgehead atoms. The molecule has 0 aromatic rings. The Labute approximate surface area is 186 Å². The predicted octanol–water partition coefficient (Wildman–Crippen LogP) is 4.97. The standard InChI is InChI=1S/C23H47N3O3Si/c1-5-27-30(28-6-2,29-7-3)20-14-19-26(4)23(24-21-15-10-8-11-16-21)25-22-17-12-9-13-18-22/h21-22H,5-20H2,1-4H3,(H,24,25). The molecular formula is C23H47N3O3Si. The zero-order valence-electron chi connectivity index (χ0n) is 20.1. The molecule has 2 fully saturated rings. The Kier molecular flexibility index (Phi) is 12.3. The second-order valence-electron chi connectivity index (χ2n) is 8.73. The van der Waals surface area contributed by atoms with E-state index in [0.29, 0.717) is 31.9 Å². The lowest BCUT2D eigenvalue weighted by Gasteiger charge is -2.32. The summed E-state index contributed by atoms with van der Waals surface area (Å²) in [5.41, 5.74) is 0. The summed E-state index contributed by atoms with van der Waals surface area (Å²) in [5, 5.41) is 3.82. The SMILES string of the molecule is CCO[Si](CCCN(C)C(=NC1CCCCC1)NC1CCCCC1)(OCC)OCC. The Hall–Kier alpha value is -0.633. The summed E-state index contributed by atoms with van der Waals surface area (Å²) < 4.78 is 18.1. The minimum atomic E-state index is -2.57. The van der Waals surface area contributed by atoms with E-state index in [4.69, 9.17) is 18.3 Å². The second kappa shape index (κ2) is 14.4. The van der Waals surface area contributed by atoms with Crippen LogP contribution < -0.4 is 5.32 Å². The van der Waals surface area contributed by atoms with Gasteiger partial charge in [-0.3, -0.25) is 0 Å². The summed E-state index contributed by atoms with van der Waals surface area (Å²) in [4.78, 5) is 7.53. The highest BCUT2D eigenvalue weighted by Gasteiger charge is 2.39. The molecule has 2 aliphatic carbocycles. The monoisotopic (exact) mass is 441 g/mol. The van der Waals surface area contributed by atoms with E-state index in [1.54, 1.807) is 0 Å². The van der Waals surface area contributed by atoms with Crippen molar-refractivity contribution in [3.05, 3.63) is 0 Å². The van der Waals surface area contributed by atoms with Crippen LogP contribution in [0.3, 0.4) is 0 Å². The van der Waals surface area contributed by atoms with Gasteiger partial charge in [-0.2, -0.15) is 0 Å². The maximum absolute atomic E-state index is 6.03. The third kappa shape index (κ3) is 8.85. The molecule has 1 N–H and O–H groups in total. The van der Waals surface area contributed by atoms with Gasteiger partial charge in [-0.15, -0.1) is 0 Å². The van der Waals surface area contributed by atoms with Gasteiger partial charge in [0.05, 0.1) is 6.04 Å². The van der Waals surface area contributed by atoms with Gasteiger partial charge in [0, 0.05) is 45.5 Å². The molecule has 0 heterocycles. The van der Waals surface area contributed by atoms with E-state index in [9.17, 15) is 0 Å². The van der Waals surface area contributed by atoms with Crippen molar-refractivity contribution in [2.75, 3.05) is 33.4 Å². The zero-order valence-corrected chi connectivity index (χ0v) is 21.1. The molecule has 0 spiro atoms. The van der Waals surface area contributed by atoms with Crippen molar-refractivity contribution >= 4 is 14.8 Å². The molecule has 176 valence electrons. The van der Waals surface area contributed by atoms with Crippen molar-refractivity contribution in [3.8, 4) is 0 Å². The first-order chi connectivity index (χ1) is 14.6. The van der Waals surface area contributed by atoms with Crippen LogP contribution in [-0.4, -0.2) is 65.2 Å². The number of aliphatic imine (C=N–C) groups is 1. The number of hydrogen-bond acceptors (Lipinski definition) is 4. The molecule has 2 rings (SSSR count). The van der Waals surface area contributed by atoms with Crippen LogP contribution in [0.4, 0.5) is 0 Å². The Morgan fingerprint density at radius 2 is 1.40 bits per heavy atom. The van der Waals surface area contributed by atoms with E-state index in [-0.39, 0.29) is 0 Å². The van der Waals surface area contributed by atoms with E-state index in [2.05, 4.69) is 17.3 Å². The summed E-state index contributed by atoms with van der Waals surface area (Å²) in [5.74, 6) is 1.10. The number of rotatable bonds is 12. The smallest absolute Gasteiger partial charge is 0.374 e. The van der Waals surface area contributed by atoms with E-state index in [1.165, 1.54) is 64.2 Å². The topological polar surface area (TPSA) is 55.3 Å². The molecule has 7 heteroatoms. The van der Waals surface area contributed by atoms with Crippen LogP contribution in [0, 0.1) is 0 Å².